The van der Waals surface area contributed by atoms with E-state index in [4.69, 9.17) is 14.2 Å². The first-order chi connectivity index (χ1) is 13.4. The molecule has 0 amide bonds. The number of nitrogens with zero attached hydrogens (tertiary/aromatic N) is 1. The van der Waals surface area contributed by atoms with Crippen molar-refractivity contribution in [1.29, 1.82) is 0 Å². The second kappa shape index (κ2) is 16.9. The molecule has 0 atom stereocenters. The van der Waals surface area contributed by atoms with Crippen LogP contribution in [0.25, 0.3) is 0 Å². The summed E-state index contributed by atoms with van der Waals surface area (Å²) in [7, 11) is 0. The highest BCUT2D eigenvalue weighted by atomic mass is 127. The van der Waals surface area contributed by atoms with Crippen molar-refractivity contribution in [3.8, 4) is 5.75 Å². The SMILES string of the molecule is CCNC(=NCCCOc1ccccc1)NCCCOCC1CCOCC1.I. The molecule has 28 heavy (non-hydrogen) atoms. The van der Waals surface area contributed by atoms with Crippen molar-refractivity contribution < 1.29 is 14.2 Å². The molecule has 0 spiro atoms. The number of guanidine groups is 1. The van der Waals surface area contributed by atoms with E-state index in [1.54, 1.807) is 0 Å². The minimum atomic E-state index is 0. The molecule has 0 aliphatic carbocycles. The molecule has 1 saturated heterocycles. The van der Waals surface area contributed by atoms with Gasteiger partial charge in [-0.15, -0.1) is 24.0 Å². The number of benzene rings is 1. The van der Waals surface area contributed by atoms with Crippen LogP contribution in [0.5, 0.6) is 5.75 Å². The topological polar surface area (TPSA) is 64.1 Å². The molecule has 1 fully saturated rings. The molecule has 1 aliphatic rings. The Morgan fingerprint density at radius 3 is 2.64 bits per heavy atom. The molecule has 0 unspecified atom stereocenters. The maximum absolute atomic E-state index is 5.80. The Morgan fingerprint density at radius 2 is 1.89 bits per heavy atom. The zero-order chi connectivity index (χ0) is 19.0. The van der Waals surface area contributed by atoms with E-state index in [0.29, 0.717) is 12.5 Å². The fourth-order valence-corrected chi connectivity index (χ4v) is 2.85. The molecule has 160 valence electrons. The third kappa shape index (κ3) is 11.7. The lowest BCUT2D eigenvalue weighted by atomic mass is 10.0. The van der Waals surface area contributed by atoms with Gasteiger partial charge >= 0.3 is 0 Å². The summed E-state index contributed by atoms with van der Waals surface area (Å²) in [5.41, 5.74) is 0. The number of ether oxygens (including phenoxy) is 3. The largest absolute Gasteiger partial charge is 0.494 e. The van der Waals surface area contributed by atoms with Crippen molar-refractivity contribution in [2.24, 2.45) is 10.9 Å². The molecule has 2 rings (SSSR count). The predicted molar refractivity (Wildman–Crippen MR) is 125 cm³/mol. The van der Waals surface area contributed by atoms with Gasteiger partial charge in [-0.1, -0.05) is 18.2 Å². The first kappa shape index (κ1) is 25.0. The van der Waals surface area contributed by atoms with Gasteiger partial charge in [0.2, 0.25) is 0 Å². The summed E-state index contributed by atoms with van der Waals surface area (Å²) in [6.45, 7) is 8.62. The van der Waals surface area contributed by atoms with Gasteiger partial charge in [0.05, 0.1) is 6.61 Å². The first-order valence-electron chi connectivity index (χ1n) is 10.2. The summed E-state index contributed by atoms with van der Waals surface area (Å²) in [5, 5.41) is 6.64. The average molecular weight is 505 g/mol. The van der Waals surface area contributed by atoms with E-state index in [1.165, 1.54) is 0 Å². The highest BCUT2D eigenvalue weighted by molar-refractivity contribution is 14.0. The summed E-state index contributed by atoms with van der Waals surface area (Å²) in [5.74, 6) is 2.44. The molecule has 6 nitrogen and oxygen atoms in total. The van der Waals surface area contributed by atoms with E-state index in [1.807, 2.05) is 30.3 Å². The Bertz CT molecular complexity index is 511. The van der Waals surface area contributed by atoms with E-state index in [9.17, 15) is 0 Å². The molecule has 0 radical (unpaired) electrons. The van der Waals surface area contributed by atoms with E-state index in [-0.39, 0.29) is 24.0 Å². The minimum Gasteiger partial charge on any atom is -0.494 e. The lowest BCUT2D eigenvalue weighted by molar-refractivity contribution is 0.0203. The van der Waals surface area contributed by atoms with Crippen molar-refractivity contribution >= 4 is 29.9 Å². The Labute approximate surface area is 186 Å². The molecule has 0 aromatic heterocycles. The number of aliphatic imine (C=N–C) groups is 1. The summed E-state index contributed by atoms with van der Waals surface area (Å²) < 4.78 is 16.9. The van der Waals surface area contributed by atoms with Gasteiger partial charge in [-0.25, -0.2) is 0 Å². The quantitative estimate of drug-likeness (QED) is 0.197. The number of hydrogen-bond donors (Lipinski definition) is 2. The van der Waals surface area contributed by atoms with E-state index < -0.39 is 0 Å². The third-order valence-electron chi connectivity index (χ3n) is 4.38. The lowest BCUT2D eigenvalue weighted by Gasteiger charge is -2.21. The van der Waals surface area contributed by atoms with Crippen LogP contribution in [-0.2, 0) is 9.47 Å². The van der Waals surface area contributed by atoms with Crippen molar-refractivity contribution in [3.05, 3.63) is 30.3 Å². The van der Waals surface area contributed by atoms with Crippen molar-refractivity contribution in [2.75, 3.05) is 52.7 Å². The van der Waals surface area contributed by atoms with E-state index in [0.717, 1.165) is 83.5 Å². The fourth-order valence-electron chi connectivity index (χ4n) is 2.85. The Hall–Kier alpha value is -1.06. The van der Waals surface area contributed by atoms with Crippen molar-refractivity contribution in [1.82, 2.24) is 10.6 Å². The molecular weight excluding hydrogens is 469 g/mol. The summed E-state index contributed by atoms with van der Waals surface area (Å²) in [6.07, 6.45) is 4.12. The second-order valence-electron chi connectivity index (χ2n) is 6.69. The molecule has 7 heteroatoms. The summed E-state index contributed by atoms with van der Waals surface area (Å²) >= 11 is 0. The Balaban J connectivity index is 0.00000392. The van der Waals surface area contributed by atoms with Gasteiger partial charge < -0.3 is 24.8 Å². The first-order valence-corrected chi connectivity index (χ1v) is 10.2. The number of hydrogen-bond acceptors (Lipinski definition) is 4. The average Bonchev–Trinajstić information content (AvgIpc) is 2.71. The van der Waals surface area contributed by atoms with Crippen LogP contribution in [0.15, 0.2) is 35.3 Å². The fraction of sp³-hybridized carbons (Fsp3) is 0.667. The molecule has 0 bridgehead atoms. The zero-order valence-corrected chi connectivity index (χ0v) is 19.4. The van der Waals surface area contributed by atoms with Crippen LogP contribution in [0, 0.1) is 5.92 Å². The summed E-state index contributed by atoms with van der Waals surface area (Å²) in [6, 6.07) is 9.89. The van der Waals surface area contributed by atoms with Gasteiger partial charge in [0, 0.05) is 52.5 Å². The molecule has 1 heterocycles. The highest BCUT2D eigenvalue weighted by Crippen LogP contribution is 2.14. The smallest absolute Gasteiger partial charge is 0.191 e. The number of halogens is 1. The van der Waals surface area contributed by atoms with Crippen LogP contribution in [0.2, 0.25) is 0 Å². The van der Waals surface area contributed by atoms with Gasteiger partial charge in [-0.2, -0.15) is 0 Å². The summed E-state index contributed by atoms with van der Waals surface area (Å²) in [4.78, 5) is 4.60. The lowest BCUT2D eigenvalue weighted by Crippen LogP contribution is -2.38. The van der Waals surface area contributed by atoms with Gasteiger partial charge in [0.15, 0.2) is 5.96 Å². The Kier molecular flexibility index (Phi) is 15.0. The van der Waals surface area contributed by atoms with Crippen LogP contribution in [0.3, 0.4) is 0 Å². The van der Waals surface area contributed by atoms with E-state index in [2.05, 4.69) is 22.5 Å². The standard InChI is InChI=1S/C21H35N3O3.HI/c1-2-22-21(24-13-7-15-27-20-8-4-3-5-9-20)23-12-6-14-26-18-19-10-16-25-17-11-19;/h3-5,8-9,19H,2,6-7,10-18H2,1H3,(H2,22,23,24);1H. The van der Waals surface area contributed by atoms with Crippen molar-refractivity contribution in [3.63, 3.8) is 0 Å². The third-order valence-corrected chi connectivity index (χ3v) is 4.38. The van der Waals surface area contributed by atoms with E-state index >= 15 is 0 Å². The molecule has 1 aliphatic heterocycles. The predicted octanol–water partition coefficient (Wildman–Crippen LogP) is 3.46. The maximum Gasteiger partial charge on any atom is 0.191 e. The monoisotopic (exact) mass is 505 g/mol. The van der Waals surface area contributed by atoms with Gasteiger partial charge in [0.1, 0.15) is 5.75 Å². The molecule has 2 N–H and O–H groups in total. The normalized spacial score (nSPS) is 15.0. The number of rotatable bonds is 12. The molecule has 1 aromatic rings. The van der Waals surface area contributed by atoms with Gasteiger partial charge in [0.25, 0.3) is 0 Å². The minimum absolute atomic E-state index is 0. The molecular formula is C21H36IN3O3. The zero-order valence-electron chi connectivity index (χ0n) is 17.0. The van der Waals surface area contributed by atoms with Crippen LogP contribution in [-0.4, -0.2) is 58.6 Å². The van der Waals surface area contributed by atoms with Gasteiger partial charge in [-0.05, 0) is 44.2 Å². The molecule has 1 aromatic carbocycles. The van der Waals surface area contributed by atoms with Crippen LogP contribution < -0.4 is 15.4 Å². The number of para-hydroxylation sites is 1. The van der Waals surface area contributed by atoms with Crippen LogP contribution in [0.1, 0.15) is 32.6 Å². The van der Waals surface area contributed by atoms with Crippen LogP contribution in [0.4, 0.5) is 0 Å². The Morgan fingerprint density at radius 1 is 1.11 bits per heavy atom. The van der Waals surface area contributed by atoms with Crippen molar-refractivity contribution in [2.45, 2.75) is 32.6 Å². The highest BCUT2D eigenvalue weighted by Gasteiger charge is 2.13. The number of nitrogens with one attached hydrogen (secondary N) is 2. The second-order valence-corrected chi connectivity index (χ2v) is 6.69. The maximum atomic E-state index is 5.80. The molecule has 0 saturated carbocycles. The van der Waals surface area contributed by atoms with Crippen LogP contribution >= 0.6 is 24.0 Å². The van der Waals surface area contributed by atoms with Gasteiger partial charge in [-0.3, -0.25) is 4.99 Å².